The summed E-state index contributed by atoms with van der Waals surface area (Å²) in [6.07, 6.45) is -13.4. The van der Waals surface area contributed by atoms with E-state index >= 15 is 0 Å². The molecule has 1 nitrogen and oxygen atoms in total. The van der Waals surface area contributed by atoms with Crippen molar-refractivity contribution in [1.29, 1.82) is 0 Å². The number of aldehydes is 1. The summed E-state index contributed by atoms with van der Waals surface area (Å²) in [4.78, 5) is 9.76. The van der Waals surface area contributed by atoms with E-state index in [9.17, 15) is 79.4 Å². The van der Waals surface area contributed by atoms with Gasteiger partial charge in [-0.3, -0.25) is 0 Å². The zero-order valence-electron chi connectivity index (χ0n) is 12.7. The highest BCUT2D eigenvalue weighted by atomic mass is 19.4. The van der Waals surface area contributed by atoms with Crippen molar-refractivity contribution in [1.82, 2.24) is 0 Å². The van der Waals surface area contributed by atoms with Crippen molar-refractivity contribution in [3.8, 4) is 0 Å². The summed E-state index contributed by atoms with van der Waals surface area (Å²) < 4.78 is 218. The van der Waals surface area contributed by atoms with Gasteiger partial charge in [0.15, 0.2) is 12.5 Å². The van der Waals surface area contributed by atoms with Gasteiger partial charge in [-0.2, -0.15) is 70.2 Å². The molecule has 1 unspecified atom stereocenters. The molecule has 0 amide bonds. The first-order chi connectivity index (χ1) is 12.4. The lowest BCUT2D eigenvalue weighted by molar-refractivity contribution is -0.443. The lowest BCUT2D eigenvalue weighted by Gasteiger charge is -2.42. The first-order valence-electron chi connectivity index (χ1n) is 6.32. The Morgan fingerprint density at radius 2 is 0.931 bits per heavy atom. The molecule has 0 saturated carbocycles. The minimum absolute atomic E-state index is 1.25. The van der Waals surface area contributed by atoms with E-state index in [2.05, 4.69) is 0 Å². The number of alkyl halides is 15. The number of hydrogen-bond acceptors (Lipinski definition) is 1. The van der Waals surface area contributed by atoms with Crippen LogP contribution in [0.4, 0.5) is 74.6 Å². The molecule has 29 heavy (non-hydrogen) atoms. The Morgan fingerprint density at radius 1 is 0.621 bits per heavy atom. The van der Waals surface area contributed by atoms with Crippen LogP contribution in [0.1, 0.15) is 6.42 Å². The van der Waals surface area contributed by atoms with Gasteiger partial charge in [0, 0.05) is 0 Å². The normalized spacial score (nSPS) is 16.9. The Kier molecular flexibility index (Phi) is 6.93. The molecule has 0 spiro atoms. The third-order valence-corrected chi connectivity index (χ3v) is 3.27. The molecular weight excluding hydrogens is 471 g/mol. The predicted molar refractivity (Wildman–Crippen MR) is 55.7 cm³/mol. The highest BCUT2D eigenvalue weighted by Gasteiger charge is 2.93. The molecule has 0 saturated heterocycles. The molecule has 1 radical (unpaired) electrons. The monoisotopic (exact) mass is 475 g/mol. The van der Waals surface area contributed by atoms with Gasteiger partial charge in [-0.15, -0.1) is 0 Å². The molecule has 0 aromatic heterocycles. The molecule has 0 fully saturated rings. The Balaban J connectivity index is 6.55. The molecule has 0 heterocycles. The number of carbonyl (C=O) groups is 1. The standard InChI is InChI=1S/C11H4F17O/c12-3(2-29)1-5(15,16)7(19,20)9(23,24)11(27,28)10(25,26)8(21,22)6(17,18)4(13)14/h2-3H,1H2. The fraction of sp³-hybridized carbons (Fsp3) is 0.818. The summed E-state index contributed by atoms with van der Waals surface area (Å²) in [6.45, 7) is 0. The average molecular weight is 475 g/mol. The second-order valence-corrected chi connectivity index (χ2v) is 5.27. The highest BCUT2D eigenvalue weighted by molar-refractivity contribution is 5.55. The third kappa shape index (κ3) is 3.70. The van der Waals surface area contributed by atoms with Crippen LogP contribution in [0.2, 0.25) is 0 Å². The maximum absolute atomic E-state index is 13.2. The van der Waals surface area contributed by atoms with Crippen molar-refractivity contribution in [2.75, 3.05) is 0 Å². The van der Waals surface area contributed by atoms with Gasteiger partial charge in [0.1, 0.15) is 0 Å². The first kappa shape index (κ1) is 27.5. The maximum Gasteiger partial charge on any atom is 0.385 e. The van der Waals surface area contributed by atoms with Crippen LogP contribution < -0.4 is 0 Å². The predicted octanol–water partition coefficient (Wildman–Crippen LogP) is 5.79. The van der Waals surface area contributed by atoms with Gasteiger partial charge in [-0.05, 0) is 0 Å². The first-order valence-corrected chi connectivity index (χ1v) is 6.32. The van der Waals surface area contributed by atoms with Crippen LogP contribution >= 0.6 is 0 Å². The van der Waals surface area contributed by atoms with E-state index in [0.29, 0.717) is 0 Å². The summed E-state index contributed by atoms with van der Waals surface area (Å²) in [5.41, 5.74) is 0. The number of hydrogen-bond donors (Lipinski definition) is 0. The van der Waals surface area contributed by atoms with Crippen molar-refractivity contribution < 1.29 is 79.4 Å². The number of carbonyl (C=O) groups excluding carboxylic acids is 1. The SMILES string of the molecule is O=CC(F)CC(F)(F)C(F)(F)C(F)(F)C(F)(F)C(F)(F)C(F)(F)C(F)(F)[C](F)F. The summed E-state index contributed by atoms with van der Waals surface area (Å²) in [5.74, 6) is -55.9. The molecule has 0 aliphatic heterocycles. The van der Waals surface area contributed by atoms with E-state index in [1.807, 2.05) is 0 Å². The Hall–Kier alpha value is -1.52. The molecular formula is C11H4F17O. The third-order valence-electron chi connectivity index (χ3n) is 3.27. The van der Waals surface area contributed by atoms with E-state index in [4.69, 9.17) is 0 Å². The van der Waals surface area contributed by atoms with Crippen LogP contribution in [-0.4, -0.2) is 53.9 Å². The zero-order chi connectivity index (χ0) is 24.1. The summed E-state index contributed by atoms with van der Waals surface area (Å²) in [5, 5.41) is 0. The van der Waals surface area contributed by atoms with Crippen LogP contribution in [0, 0.1) is 6.43 Å². The average Bonchev–Trinajstić information content (AvgIpc) is 2.52. The van der Waals surface area contributed by atoms with Gasteiger partial charge < -0.3 is 4.79 Å². The van der Waals surface area contributed by atoms with E-state index in [1.165, 1.54) is 0 Å². The van der Waals surface area contributed by atoms with Crippen molar-refractivity contribution in [3.63, 3.8) is 0 Å². The quantitative estimate of drug-likeness (QED) is 0.289. The fourth-order valence-corrected chi connectivity index (χ4v) is 1.56. The van der Waals surface area contributed by atoms with Crippen molar-refractivity contribution >= 4 is 6.29 Å². The van der Waals surface area contributed by atoms with Gasteiger partial charge in [0.2, 0.25) is 0 Å². The molecule has 18 heteroatoms. The zero-order valence-corrected chi connectivity index (χ0v) is 12.7. The van der Waals surface area contributed by atoms with E-state index in [0.717, 1.165) is 0 Å². The highest BCUT2D eigenvalue weighted by Crippen LogP contribution is 2.63. The lowest BCUT2D eigenvalue weighted by Crippen LogP contribution is -2.73. The summed E-state index contributed by atoms with van der Waals surface area (Å²) in [6, 6.07) is 0. The Labute approximate surface area is 147 Å². The minimum Gasteiger partial charge on any atom is -0.300 e. The number of halogens is 17. The van der Waals surface area contributed by atoms with Crippen LogP contribution in [-0.2, 0) is 4.79 Å². The molecule has 1 atom stereocenters. The van der Waals surface area contributed by atoms with Crippen molar-refractivity contribution in [3.05, 3.63) is 6.43 Å². The van der Waals surface area contributed by atoms with Crippen molar-refractivity contribution in [2.45, 2.75) is 54.1 Å². The van der Waals surface area contributed by atoms with Gasteiger partial charge in [-0.25, -0.2) is 4.39 Å². The second-order valence-electron chi connectivity index (χ2n) is 5.27. The largest absolute Gasteiger partial charge is 0.385 e. The summed E-state index contributed by atoms with van der Waals surface area (Å²) in [7, 11) is 0. The fourth-order valence-electron chi connectivity index (χ4n) is 1.56. The van der Waals surface area contributed by atoms with E-state index in [-0.39, 0.29) is 0 Å². The lowest BCUT2D eigenvalue weighted by atomic mass is 9.88. The van der Waals surface area contributed by atoms with Gasteiger partial charge in [0.25, 0.3) is 0 Å². The molecule has 0 aromatic carbocycles. The minimum atomic E-state index is -8.54. The van der Waals surface area contributed by atoms with Gasteiger partial charge in [-0.1, -0.05) is 0 Å². The molecule has 0 aliphatic rings. The Bertz CT molecular complexity index is 594. The molecule has 0 N–H and O–H groups in total. The Morgan fingerprint density at radius 3 is 1.24 bits per heavy atom. The van der Waals surface area contributed by atoms with Gasteiger partial charge >= 0.3 is 47.9 Å². The summed E-state index contributed by atoms with van der Waals surface area (Å²) >= 11 is 0. The van der Waals surface area contributed by atoms with Crippen LogP contribution in [0.5, 0.6) is 0 Å². The second kappa shape index (κ2) is 7.31. The van der Waals surface area contributed by atoms with Crippen LogP contribution in [0.3, 0.4) is 0 Å². The van der Waals surface area contributed by atoms with Crippen LogP contribution in [0.15, 0.2) is 0 Å². The molecule has 0 bridgehead atoms. The molecule has 0 aliphatic carbocycles. The van der Waals surface area contributed by atoms with E-state index in [1.54, 1.807) is 0 Å². The topological polar surface area (TPSA) is 17.1 Å². The van der Waals surface area contributed by atoms with Crippen LogP contribution in [0.25, 0.3) is 0 Å². The molecule has 0 rings (SSSR count). The van der Waals surface area contributed by atoms with Gasteiger partial charge in [0.05, 0.1) is 6.42 Å². The number of rotatable bonds is 10. The molecule has 0 aromatic rings. The van der Waals surface area contributed by atoms with E-state index < -0.39 is 66.8 Å². The molecule has 173 valence electrons. The van der Waals surface area contributed by atoms with Crippen molar-refractivity contribution in [2.24, 2.45) is 0 Å². The maximum atomic E-state index is 13.2. The smallest absolute Gasteiger partial charge is 0.300 e.